The smallest absolute Gasteiger partial charge is 0.191 e. The summed E-state index contributed by atoms with van der Waals surface area (Å²) in [6.45, 7) is 2.60. The van der Waals surface area contributed by atoms with E-state index in [-0.39, 0.29) is 5.57 Å². The number of rotatable bonds is 9. The summed E-state index contributed by atoms with van der Waals surface area (Å²) in [4.78, 5) is 0. The third-order valence-electron chi connectivity index (χ3n) is 4.04. The van der Waals surface area contributed by atoms with Crippen molar-refractivity contribution in [1.82, 2.24) is 0 Å². The van der Waals surface area contributed by atoms with Crippen molar-refractivity contribution in [3.05, 3.63) is 77.4 Å². The van der Waals surface area contributed by atoms with Crippen LogP contribution < -0.4 is 0 Å². The predicted octanol–water partition coefficient (Wildman–Crippen LogP) is 4.93. The number of nitrogens with zero attached hydrogens (tertiary/aromatic N) is 1. The predicted molar refractivity (Wildman–Crippen MR) is 101 cm³/mol. The molecular formula is C22H25NO2. The highest BCUT2D eigenvalue weighted by Crippen LogP contribution is 2.28. The monoisotopic (exact) mass is 335 g/mol. The normalized spacial score (nSPS) is 11.6. The maximum atomic E-state index is 10.5. The Morgan fingerprint density at radius 1 is 0.960 bits per heavy atom. The molecule has 3 nitrogen and oxygen atoms in total. The maximum Gasteiger partial charge on any atom is 0.191 e. The fraction of sp³-hybridized carbons (Fsp3) is 0.318. The Bertz CT molecular complexity index is 660. The molecule has 2 aromatic rings. The Labute approximate surface area is 150 Å². The third kappa shape index (κ3) is 5.56. The molecule has 0 heterocycles. The molecule has 0 aliphatic heterocycles. The van der Waals surface area contributed by atoms with Crippen LogP contribution in [0.5, 0.6) is 0 Å². The first-order chi connectivity index (χ1) is 12.3. The molecule has 0 saturated carbocycles. The summed E-state index contributed by atoms with van der Waals surface area (Å²) in [5, 5.41) is 20.1. The molecule has 130 valence electrons. The van der Waals surface area contributed by atoms with Gasteiger partial charge in [0.15, 0.2) is 6.29 Å². The Hall–Kier alpha value is -2.41. The van der Waals surface area contributed by atoms with Crippen LogP contribution in [-0.2, 0) is 4.74 Å². The van der Waals surface area contributed by atoms with Gasteiger partial charge < -0.3 is 9.84 Å². The van der Waals surface area contributed by atoms with Crippen LogP contribution in [0.3, 0.4) is 0 Å². The van der Waals surface area contributed by atoms with Gasteiger partial charge in [0.25, 0.3) is 0 Å². The van der Waals surface area contributed by atoms with Gasteiger partial charge in [0.2, 0.25) is 0 Å². The van der Waals surface area contributed by atoms with Crippen LogP contribution in [0.25, 0.3) is 5.57 Å². The van der Waals surface area contributed by atoms with E-state index >= 15 is 0 Å². The van der Waals surface area contributed by atoms with Gasteiger partial charge in [0.1, 0.15) is 6.07 Å². The second-order valence-corrected chi connectivity index (χ2v) is 5.92. The Morgan fingerprint density at radius 2 is 1.52 bits per heavy atom. The molecule has 0 radical (unpaired) electrons. The van der Waals surface area contributed by atoms with E-state index < -0.39 is 6.29 Å². The Kier molecular flexibility index (Phi) is 7.91. The summed E-state index contributed by atoms with van der Waals surface area (Å²) in [7, 11) is 0. The van der Waals surface area contributed by atoms with Gasteiger partial charge in [-0.2, -0.15) is 5.26 Å². The highest BCUT2D eigenvalue weighted by atomic mass is 16.6. The average Bonchev–Trinajstić information content (AvgIpc) is 2.67. The van der Waals surface area contributed by atoms with Crippen molar-refractivity contribution in [2.75, 3.05) is 6.61 Å². The quantitative estimate of drug-likeness (QED) is 0.402. The fourth-order valence-electron chi connectivity index (χ4n) is 2.73. The lowest BCUT2D eigenvalue weighted by Gasteiger charge is -2.17. The molecule has 0 aliphatic rings. The summed E-state index contributed by atoms with van der Waals surface area (Å²) < 4.78 is 5.54. The highest BCUT2D eigenvalue weighted by molar-refractivity contribution is 5.84. The third-order valence-corrected chi connectivity index (χ3v) is 4.04. The second kappa shape index (κ2) is 10.5. The van der Waals surface area contributed by atoms with Crippen LogP contribution in [0.15, 0.2) is 66.2 Å². The summed E-state index contributed by atoms with van der Waals surface area (Å²) in [5.74, 6) is 0. The molecule has 0 bridgehead atoms. The molecule has 0 amide bonds. The summed E-state index contributed by atoms with van der Waals surface area (Å²) >= 11 is 0. The van der Waals surface area contributed by atoms with Gasteiger partial charge in [0.05, 0.1) is 12.2 Å². The first kappa shape index (κ1) is 18.9. The molecule has 0 saturated heterocycles. The molecule has 0 aliphatic carbocycles. The lowest BCUT2D eigenvalue weighted by atomic mass is 9.93. The average molecular weight is 335 g/mol. The number of unbranched alkanes of at least 4 members (excludes halogenated alkanes) is 3. The van der Waals surface area contributed by atoms with E-state index in [9.17, 15) is 10.4 Å². The Balaban J connectivity index is 2.30. The van der Waals surface area contributed by atoms with Crippen LogP contribution in [0.2, 0.25) is 0 Å². The first-order valence-corrected chi connectivity index (χ1v) is 8.82. The standard InChI is InChI=1S/C22H25NO2/c1-2-3-4-11-16-25-22(24)20(17-23)21(18-12-7-5-8-13-18)19-14-9-6-10-15-19/h5-10,12-15,22,24H,2-4,11,16H2,1H3. The lowest BCUT2D eigenvalue weighted by molar-refractivity contribution is -0.0698. The van der Waals surface area contributed by atoms with E-state index in [0.717, 1.165) is 36.8 Å². The molecule has 1 unspecified atom stereocenters. The van der Waals surface area contributed by atoms with Gasteiger partial charge in [-0.25, -0.2) is 0 Å². The van der Waals surface area contributed by atoms with Crippen molar-refractivity contribution >= 4 is 5.57 Å². The number of ether oxygens (including phenoxy) is 1. The van der Waals surface area contributed by atoms with Crippen molar-refractivity contribution in [3.63, 3.8) is 0 Å². The van der Waals surface area contributed by atoms with Crippen molar-refractivity contribution in [1.29, 1.82) is 5.26 Å². The summed E-state index contributed by atoms with van der Waals surface area (Å²) in [5.41, 5.74) is 2.73. The van der Waals surface area contributed by atoms with E-state index in [1.165, 1.54) is 0 Å². The van der Waals surface area contributed by atoms with Crippen LogP contribution >= 0.6 is 0 Å². The zero-order chi connectivity index (χ0) is 17.9. The fourth-order valence-corrected chi connectivity index (χ4v) is 2.73. The van der Waals surface area contributed by atoms with Crippen molar-refractivity contribution < 1.29 is 9.84 Å². The minimum atomic E-state index is -1.22. The van der Waals surface area contributed by atoms with Gasteiger partial charge in [-0.05, 0) is 17.5 Å². The van der Waals surface area contributed by atoms with E-state index in [1.807, 2.05) is 60.7 Å². The van der Waals surface area contributed by atoms with Crippen LogP contribution in [-0.4, -0.2) is 18.0 Å². The molecule has 0 spiro atoms. The molecule has 1 N–H and O–H groups in total. The number of nitriles is 1. The molecule has 0 fully saturated rings. The molecular weight excluding hydrogens is 310 g/mol. The topological polar surface area (TPSA) is 53.2 Å². The zero-order valence-corrected chi connectivity index (χ0v) is 14.7. The van der Waals surface area contributed by atoms with Gasteiger partial charge in [-0.15, -0.1) is 0 Å². The lowest BCUT2D eigenvalue weighted by Crippen LogP contribution is -2.17. The number of hydrogen-bond acceptors (Lipinski definition) is 3. The van der Waals surface area contributed by atoms with Crippen LogP contribution in [0.1, 0.15) is 43.7 Å². The SMILES string of the molecule is CCCCCCOC(O)C(C#N)=C(c1ccccc1)c1ccccc1. The molecule has 1 atom stereocenters. The van der Waals surface area contributed by atoms with Gasteiger partial charge in [-0.1, -0.05) is 86.8 Å². The Morgan fingerprint density at radius 3 is 2.00 bits per heavy atom. The molecule has 2 aromatic carbocycles. The zero-order valence-electron chi connectivity index (χ0n) is 14.7. The number of benzene rings is 2. The van der Waals surface area contributed by atoms with Crippen molar-refractivity contribution in [2.24, 2.45) is 0 Å². The van der Waals surface area contributed by atoms with Crippen molar-refractivity contribution in [3.8, 4) is 6.07 Å². The summed E-state index contributed by atoms with van der Waals surface area (Å²) in [6.07, 6.45) is 3.04. The van der Waals surface area contributed by atoms with E-state index in [4.69, 9.17) is 4.74 Å². The van der Waals surface area contributed by atoms with E-state index in [1.54, 1.807) is 0 Å². The van der Waals surface area contributed by atoms with Gasteiger partial charge in [-0.3, -0.25) is 0 Å². The van der Waals surface area contributed by atoms with E-state index in [2.05, 4.69) is 13.0 Å². The van der Waals surface area contributed by atoms with Crippen LogP contribution in [0, 0.1) is 11.3 Å². The molecule has 3 heteroatoms. The molecule has 2 rings (SSSR count). The number of aliphatic hydroxyl groups is 1. The molecule has 0 aromatic heterocycles. The maximum absolute atomic E-state index is 10.5. The minimum Gasteiger partial charge on any atom is -0.364 e. The second-order valence-electron chi connectivity index (χ2n) is 5.92. The highest BCUT2D eigenvalue weighted by Gasteiger charge is 2.19. The largest absolute Gasteiger partial charge is 0.364 e. The minimum absolute atomic E-state index is 0.243. The number of aliphatic hydroxyl groups excluding tert-OH is 1. The molecule has 25 heavy (non-hydrogen) atoms. The number of hydrogen-bond donors (Lipinski definition) is 1. The van der Waals surface area contributed by atoms with Crippen LogP contribution in [0.4, 0.5) is 0 Å². The van der Waals surface area contributed by atoms with E-state index in [0.29, 0.717) is 12.2 Å². The summed E-state index contributed by atoms with van der Waals surface area (Å²) in [6, 6.07) is 21.5. The van der Waals surface area contributed by atoms with Gasteiger partial charge in [0, 0.05) is 5.57 Å². The first-order valence-electron chi connectivity index (χ1n) is 8.82. The van der Waals surface area contributed by atoms with Gasteiger partial charge >= 0.3 is 0 Å². The van der Waals surface area contributed by atoms with Crippen molar-refractivity contribution in [2.45, 2.75) is 38.9 Å².